The zero-order valence-corrected chi connectivity index (χ0v) is 14.1. The Morgan fingerprint density at radius 3 is 2.77 bits per heavy atom. The molecule has 0 bridgehead atoms. The smallest absolute Gasteiger partial charge is 0.335 e. The molecule has 26 heavy (non-hydrogen) atoms. The predicted molar refractivity (Wildman–Crippen MR) is 92.3 cm³/mol. The van der Waals surface area contributed by atoms with Crippen molar-refractivity contribution in [2.75, 3.05) is 13.2 Å². The number of aromatic hydroxyl groups is 1. The largest absolute Gasteiger partial charge is 0.507 e. The molecule has 1 aliphatic carbocycles. The molecule has 0 radical (unpaired) electrons. The SMILES string of the molecule is CCOC(=O)C1CC2=C(CO1)C(=O)c1c(cc3ccccc3c1O)C2=O. The summed E-state index contributed by atoms with van der Waals surface area (Å²) < 4.78 is 10.4. The monoisotopic (exact) mass is 352 g/mol. The fourth-order valence-corrected chi connectivity index (χ4v) is 3.51. The summed E-state index contributed by atoms with van der Waals surface area (Å²) in [5, 5.41) is 11.8. The zero-order chi connectivity index (χ0) is 18.4. The van der Waals surface area contributed by atoms with Gasteiger partial charge in [0.1, 0.15) is 5.75 Å². The van der Waals surface area contributed by atoms with Gasteiger partial charge in [0.15, 0.2) is 17.7 Å². The minimum absolute atomic E-state index is 0.00522. The van der Waals surface area contributed by atoms with Crippen LogP contribution < -0.4 is 0 Å². The molecule has 0 amide bonds. The van der Waals surface area contributed by atoms with Crippen molar-refractivity contribution in [3.8, 4) is 5.75 Å². The molecule has 2 aliphatic rings. The van der Waals surface area contributed by atoms with Crippen molar-refractivity contribution in [3.63, 3.8) is 0 Å². The molecule has 132 valence electrons. The van der Waals surface area contributed by atoms with Crippen LogP contribution in [0.3, 0.4) is 0 Å². The number of ketones is 2. The van der Waals surface area contributed by atoms with Gasteiger partial charge in [-0.05, 0) is 18.4 Å². The van der Waals surface area contributed by atoms with Gasteiger partial charge in [0.05, 0.1) is 18.8 Å². The number of rotatable bonds is 2. The molecule has 0 saturated heterocycles. The van der Waals surface area contributed by atoms with E-state index in [9.17, 15) is 19.5 Å². The zero-order valence-electron chi connectivity index (χ0n) is 14.1. The second kappa shape index (κ2) is 6.07. The van der Waals surface area contributed by atoms with E-state index in [0.717, 1.165) is 0 Å². The van der Waals surface area contributed by atoms with E-state index in [-0.39, 0.29) is 53.4 Å². The molecule has 1 aliphatic heterocycles. The van der Waals surface area contributed by atoms with Crippen LogP contribution in [0.5, 0.6) is 5.75 Å². The number of benzene rings is 2. The molecule has 0 aromatic heterocycles. The Bertz CT molecular complexity index is 1000. The van der Waals surface area contributed by atoms with Crippen LogP contribution in [0, 0.1) is 0 Å². The van der Waals surface area contributed by atoms with Crippen molar-refractivity contribution >= 4 is 28.3 Å². The van der Waals surface area contributed by atoms with Crippen molar-refractivity contribution in [2.24, 2.45) is 0 Å². The molecule has 0 spiro atoms. The van der Waals surface area contributed by atoms with E-state index in [1.54, 1.807) is 37.3 Å². The summed E-state index contributed by atoms with van der Waals surface area (Å²) in [6.45, 7) is 1.74. The number of hydrogen-bond acceptors (Lipinski definition) is 6. The molecule has 0 fully saturated rings. The van der Waals surface area contributed by atoms with Crippen LogP contribution >= 0.6 is 0 Å². The highest BCUT2D eigenvalue weighted by Crippen LogP contribution is 2.40. The molecular weight excluding hydrogens is 336 g/mol. The fourth-order valence-electron chi connectivity index (χ4n) is 3.51. The third-order valence-electron chi connectivity index (χ3n) is 4.77. The number of hydrogen-bond donors (Lipinski definition) is 1. The molecule has 1 unspecified atom stereocenters. The van der Waals surface area contributed by atoms with Gasteiger partial charge in [-0.2, -0.15) is 0 Å². The van der Waals surface area contributed by atoms with Gasteiger partial charge in [0, 0.05) is 28.5 Å². The molecule has 2 aromatic rings. The highest BCUT2D eigenvalue weighted by molar-refractivity contribution is 6.30. The van der Waals surface area contributed by atoms with E-state index in [4.69, 9.17) is 9.47 Å². The van der Waals surface area contributed by atoms with Crippen LogP contribution in [0.2, 0.25) is 0 Å². The van der Waals surface area contributed by atoms with Crippen LogP contribution in [-0.2, 0) is 14.3 Å². The van der Waals surface area contributed by atoms with Gasteiger partial charge in [-0.3, -0.25) is 9.59 Å². The Morgan fingerprint density at radius 1 is 1.23 bits per heavy atom. The number of carbonyl (C=O) groups excluding carboxylic acids is 3. The average Bonchev–Trinajstić information content (AvgIpc) is 2.66. The first-order valence-electron chi connectivity index (χ1n) is 8.37. The number of fused-ring (bicyclic) bond motifs is 2. The summed E-state index contributed by atoms with van der Waals surface area (Å²) in [5.41, 5.74) is 0.634. The number of Topliss-reactive ketones (excluding diaryl/α,β-unsaturated/α-hetero) is 2. The molecule has 1 atom stereocenters. The van der Waals surface area contributed by atoms with Crippen molar-refractivity contribution in [1.29, 1.82) is 0 Å². The number of carbonyl (C=O) groups is 3. The number of esters is 1. The van der Waals surface area contributed by atoms with Crippen molar-refractivity contribution in [1.82, 2.24) is 0 Å². The van der Waals surface area contributed by atoms with Gasteiger partial charge in [-0.1, -0.05) is 24.3 Å². The molecule has 1 heterocycles. The third kappa shape index (κ3) is 2.34. The van der Waals surface area contributed by atoms with Crippen LogP contribution in [0.4, 0.5) is 0 Å². The average molecular weight is 352 g/mol. The normalized spacial score (nSPS) is 19.3. The lowest BCUT2D eigenvalue weighted by Gasteiger charge is -2.29. The summed E-state index contributed by atoms with van der Waals surface area (Å²) in [7, 11) is 0. The van der Waals surface area contributed by atoms with Crippen LogP contribution in [0.1, 0.15) is 34.1 Å². The Kier molecular flexibility index (Phi) is 3.85. The van der Waals surface area contributed by atoms with E-state index in [1.807, 2.05) is 0 Å². The van der Waals surface area contributed by atoms with Crippen LogP contribution in [-0.4, -0.2) is 42.0 Å². The van der Waals surface area contributed by atoms with E-state index < -0.39 is 17.9 Å². The first kappa shape index (κ1) is 16.5. The van der Waals surface area contributed by atoms with Gasteiger partial charge < -0.3 is 14.6 Å². The summed E-state index contributed by atoms with van der Waals surface area (Å²) in [4.78, 5) is 37.8. The topological polar surface area (TPSA) is 89.9 Å². The highest BCUT2D eigenvalue weighted by atomic mass is 16.6. The van der Waals surface area contributed by atoms with E-state index in [2.05, 4.69) is 0 Å². The maximum atomic E-state index is 13.0. The summed E-state index contributed by atoms with van der Waals surface area (Å²) >= 11 is 0. The van der Waals surface area contributed by atoms with Gasteiger partial charge in [0.25, 0.3) is 0 Å². The molecule has 4 rings (SSSR count). The summed E-state index contributed by atoms with van der Waals surface area (Å²) in [6, 6.07) is 8.62. The van der Waals surface area contributed by atoms with Gasteiger partial charge >= 0.3 is 5.97 Å². The Balaban J connectivity index is 1.82. The Morgan fingerprint density at radius 2 is 2.00 bits per heavy atom. The minimum atomic E-state index is -0.902. The molecule has 6 nitrogen and oxygen atoms in total. The van der Waals surface area contributed by atoms with Crippen LogP contribution in [0.25, 0.3) is 10.8 Å². The number of phenols is 1. The minimum Gasteiger partial charge on any atom is -0.507 e. The Labute approximate surface area is 149 Å². The number of phenolic OH excluding ortho intramolecular Hbond substituents is 1. The fraction of sp³-hybridized carbons (Fsp3) is 0.250. The summed E-state index contributed by atoms with van der Waals surface area (Å²) in [5.74, 6) is -1.53. The molecule has 2 aromatic carbocycles. The predicted octanol–water partition coefficient (Wildman–Crippen LogP) is 2.57. The molecule has 0 saturated carbocycles. The standard InChI is InChI=1S/C20H16O6/c1-2-25-20(24)15-8-12-14(9-26-15)19(23)16-13(17(12)21)7-10-5-3-4-6-11(10)18(16)22/h3-7,15,22H,2,8-9H2,1H3. The molecular formula is C20H16O6. The second-order valence-electron chi connectivity index (χ2n) is 6.24. The molecule has 6 heteroatoms. The van der Waals surface area contributed by atoms with E-state index in [0.29, 0.717) is 10.8 Å². The van der Waals surface area contributed by atoms with Crippen molar-refractivity contribution < 1.29 is 29.0 Å². The van der Waals surface area contributed by atoms with Crippen molar-refractivity contribution in [2.45, 2.75) is 19.4 Å². The quantitative estimate of drug-likeness (QED) is 0.836. The first-order chi connectivity index (χ1) is 12.5. The molecule has 1 N–H and O–H groups in total. The lowest BCUT2D eigenvalue weighted by atomic mass is 9.79. The lowest BCUT2D eigenvalue weighted by Crippen LogP contribution is -2.37. The van der Waals surface area contributed by atoms with Crippen LogP contribution in [0.15, 0.2) is 41.5 Å². The first-order valence-corrected chi connectivity index (χ1v) is 8.37. The Hall–Kier alpha value is -2.99. The summed E-state index contributed by atoms with van der Waals surface area (Å²) in [6.07, 6.45) is -0.910. The maximum absolute atomic E-state index is 13.0. The van der Waals surface area contributed by atoms with E-state index in [1.165, 1.54) is 0 Å². The third-order valence-corrected chi connectivity index (χ3v) is 4.77. The van der Waals surface area contributed by atoms with Gasteiger partial charge in [-0.25, -0.2) is 4.79 Å². The van der Waals surface area contributed by atoms with Gasteiger partial charge in [0.2, 0.25) is 0 Å². The lowest BCUT2D eigenvalue weighted by molar-refractivity contribution is -0.156. The number of ether oxygens (including phenoxy) is 2. The highest BCUT2D eigenvalue weighted by Gasteiger charge is 2.40. The van der Waals surface area contributed by atoms with Crippen molar-refractivity contribution in [3.05, 3.63) is 52.6 Å². The van der Waals surface area contributed by atoms with E-state index >= 15 is 0 Å². The second-order valence-corrected chi connectivity index (χ2v) is 6.24. The van der Waals surface area contributed by atoms with Gasteiger partial charge in [-0.15, -0.1) is 0 Å². The maximum Gasteiger partial charge on any atom is 0.335 e.